The highest BCUT2D eigenvalue weighted by atomic mass is 32.2. The fourth-order valence-electron chi connectivity index (χ4n) is 3.16. The number of benzene rings is 2. The predicted octanol–water partition coefficient (Wildman–Crippen LogP) is 1.64. The highest BCUT2D eigenvalue weighted by Gasteiger charge is 2.24. The van der Waals surface area contributed by atoms with E-state index >= 15 is 0 Å². The maximum atomic E-state index is 12.2. The molecule has 1 fully saturated rings. The molecule has 11 nitrogen and oxygen atoms in total. The van der Waals surface area contributed by atoms with Gasteiger partial charge < -0.3 is 15.0 Å². The number of nitrogens with two attached hydrogens (primary N) is 1. The third-order valence-corrected chi connectivity index (χ3v) is 5.58. The van der Waals surface area contributed by atoms with E-state index < -0.39 is 33.4 Å². The second-order valence-corrected chi connectivity index (χ2v) is 8.41. The summed E-state index contributed by atoms with van der Waals surface area (Å²) in [6.07, 6.45) is 1.89. The van der Waals surface area contributed by atoms with E-state index in [1.165, 1.54) is 36.4 Å². The number of anilines is 2. The van der Waals surface area contributed by atoms with Crippen molar-refractivity contribution in [3.63, 3.8) is 0 Å². The van der Waals surface area contributed by atoms with Gasteiger partial charge in [0.2, 0.25) is 10.0 Å². The summed E-state index contributed by atoms with van der Waals surface area (Å²) < 4.78 is 27.4. The number of nitro groups is 1. The first-order valence-corrected chi connectivity index (χ1v) is 10.8. The summed E-state index contributed by atoms with van der Waals surface area (Å²) in [5.74, 6) is -1.55. The number of amides is 1. The lowest BCUT2D eigenvalue weighted by Gasteiger charge is -2.17. The van der Waals surface area contributed by atoms with Gasteiger partial charge >= 0.3 is 5.97 Å². The zero-order valence-corrected chi connectivity index (χ0v) is 17.1. The molecule has 0 spiro atoms. The lowest BCUT2D eigenvalue weighted by Crippen LogP contribution is -2.22. The lowest BCUT2D eigenvalue weighted by molar-refractivity contribution is -0.384. The Morgan fingerprint density at radius 1 is 1.13 bits per heavy atom. The fraction of sp³-hybridized carbons (Fsp3) is 0.263. The number of ether oxygens (including phenoxy) is 1. The molecule has 31 heavy (non-hydrogen) atoms. The largest absolute Gasteiger partial charge is 0.452 e. The summed E-state index contributed by atoms with van der Waals surface area (Å²) in [6, 6.07) is 9.18. The number of primary sulfonamides is 1. The van der Waals surface area contributed by atoms with Crippen LogP contribution in [0.5, 0.6) is 0 Å². The molecule has 1 saturated heterocycles. The molecule has 1 amide bonds. The summed E-state index contributed by atoms with van der Waals surface area (Å²) in [4.78, 5) is 36.9. The highest BCUT2D eigenvalue weighted by Crippen LogP contribution is 2.31. The van der Waals surface area contributed by atoms with Gasteiger partial charge in [-0.2, -0.15) is 0 Å². The second-order valence-electron chi connectivity index (χ2n) is 6.85. The van der Waals surface area contributed by atoms with Crippen LogP contribution in [0, 0.1) is 10.1 Å². The third-order valence-electron chi connectivity index (χ3n) is 4.66. The molecule has 0 aliphatic carbocycles. The Morgan fingerprint density at radius 3 is 2.35 bits per heavy atom. The van der Waals surface area contributed by atoms with Crippen LogP contribution in [0.15, 0.2) is 47.4 Å². The molecule has 164 valence electrons. The molecule has 0 unspecified atom stereocenters. The van der Waals surface area contributed by atoms with E-state index in [-0.39, 0.29) is 21.8 Å². The smallest absolute Gasteiger partial charge is 0.338 e. The van der Waals surface area contributed by atoms with E-state index in [0.29, 0.717) is 18.8 Å². The highest BCUT2D eigenvalue weighted by molar-refractivity contribution is 7.89. The Balaban J connectivity index is 1.61. The van der Waals surface area contributed by atoms with Gasteiger partial charge in [0.15, 0.2) is 6.61 Å². The van der Waals surface area contributed by atoms with E-state index in [1.54, 1.807) is 0 Å². The molecule has 1 heterocycles. The molecule has 0 saturated carbocycles. The zero-order chi connectivity index (χ0) is 22.6. The number of nitro benzene ring substituents is 1. The predicted molar refractivity (Wildman–Crippen MR) is 111 cm³/mol. The number of esters is 1. The molecule has 0 radical (unpaired) electrons. The van der Waals surface area contributed by atoms with E-state index in [0.717, 1.165) is 18.9 Å². The second kappa shape index (κ2) is 9.10. The number of carbonyl (C=O) groups excluding carboxylic acids is 2. The van der Waals surface area contributed by atoms with Gasteiger partial charge in [0.25, 0.3) is 11.6 Å². The number of sulfonamides is 1. The summed E-state index contributed by atoms with van der Waals surface area (Å²) in [7, 11) is -3.85. The number of nitrogens with one attached hydrogen (secondary N) is 1. The van der Waals surface area contributed by atoms with Gasteiger partial charge in [0.1, 0.15) is 5.69 Å². The maximum absolute atomic E-state index is 12.2. The molecule has 2 aromatic carbocycles. The van der Waals surface area contributed by atoms with Crippen molar-refractivity contribution in [2.75, 3.05) is 29.9 Å². The van der Waals surface area contributed by atoms with Crippen LogP contribution in [-0.2, 0) is 19.6 Å². The minimum Gasteiger partial charge on any atom is -0.452 e. The number of nitrogens with zero attached hydrogens (tertiary/aromatic N) is 2. The average molecular weight is 448 g/mol. The van der Waals surface area contributed by atoms with E-state index in [4.69, 9.17) is 9.88 Å². The van der Waals surface area contributed by atoms with Gasteiger partial charge in [-0.15, -0.1) is 0 Å². The molecular weight excluding hydrogens is 428 g/mol. The Morgan fingerprint density at radius 2 is 1.77 bits per heavy atom. The lowest BCUT2D eigenvalue weighted by atomic mass is 10.1. The normalized spacial score (nSPS) is 13.6. The van der Waals surface area contributed by atoms with Gasteiger partial charge in [-0.05, 0) is 49.2 Å². The minimum atomic E-state index is -3.85. The maximum Gasteiger partial charge on any atom is 0.338 e. The van der Waals surface area contributed by atoms with Crippen LogP contribution < -0.4 is 15.4 Å². The Labute approximate surface area is 178 Å². The van der Waals surface area contributed by atoms with Gasteiger partial charge in [-0.1, -0.05) is 0 Å². The van der Waals surface area contributed by atoms with E-state index in [1.807, 2.05) is 4.90 Å². The standard InChI is InChI=1S/C19H20N4O7S/c20-31(28,29)15-6-4-14(5-7-15)21-18(24)12-30-19(25)13-3-8-16(17(11-13)23(26)27)22-9-1-2-10-22/h3-8,11H,1-2,9-10,12H2,(H,21,24)(H2,20,28,29). The summed E-state index contributed by atoms with van der Waals surface area (Å²) >= 11 is 0. The van der Waals surface area contributed by atoms with Crippen LogP contribution in [0.25, 0.3) is 0 Å². The molecule has 0 atom stereocenters. The minimum absolute atomic E-state index is 0.0417. The van der Waals surface area contributed by atoms with E-state index in [9.17, 15) is 28.1 Å². The molecule has 2 aromatic rings. The van der Waals surface area contributed by atoms with Crippen LogP contribution >= 0.6 is 0 Å². The third kappa shape index (κ3) is 5.55. The van der Waals surface area contributed by atoms with Crippen LogP contribution in [0.1, 0.15) is 23.2 Å². The fourth-order valence-corrected chi connectivity index (χ4v) is 3.68. The molecule has 1 aliphatic rings. The molecule has 3 rings (SSSR count). The van der Waals surface area contributed by atoms with Crippen LogP contribution in [0.3, 0.4) is 0 Å². The summed E-state index contributed by atoms with van der Waals surface area (Å²) in [5.41, 5.74) is 0.481. The summed E-state index contributed by atoms with van der Waals surface area (Å²) in [5, 5.41) is 18.9. The first kappa shape index (κ1) is 22.2. The van der Waals surface area contributed by atoms with Gasteiger partial charge in [0.05, 0.1) is 15.4 Å². The van der Waals surface area contributed by atoms with Crippen LogP contribution in [0.4, 0.5) is 17.1 Å². The molecular formula is C19H20N4O7S. The van der Waals surface area contributed by atoms with Crippen molar-refractivity contribution < 1.29 is 27.7 Å². The Bertz CT molecular complexity index is 1110. The first-order chi connectivity index (χ1) is 14.6. The Kier molecular flexibility index (Phi) is 6.51. The SMILES string of the molecule is NS(=O)(=O)c1ccc(NC(=O)COC(=O)c2ccc(N3CCCC3)c([N+](=O)[O-])c2)cc1. The monoisotopic (exact) mass is 448 g/mol. The number of hydrogen-bond acceptors (Lipinski definition) is 8. The van der Waals surface area contributed by atoms with E-state index in [2.05, 4.69) is 5.32 Å². The van der Waals surface area contributed by atoms with Gasteiger partial charge in [-0.3, -0.25) is 14.9 Å². The first-order valence-electron chi connectivity index (χ1n) is 9.28. The van der Waals surface area contributed by atoms with Crippen LogP contribution in [-0.4, -0.2) is 44.9 Å². The molecule has 0 aromatic heterocycles. The molecule has 0 bridgehead atoms. The number of hydrogen-bond donors (Lipinski definition) is 2. The van der Waals surface area contributed by atoms with Gasteiger partial charge in [0, 0.05) is 24.8 Å². The van der Waals surface area contributed by atoms with Crippen molar-refractivity contribution in [3.05, 3.63) is 58.1 Å². The molecule has 3 N–H and O–H groups in total. The van der Waals surface area contributed by atoms with Crippen LogP contribution in [0.2, 0.25) is 0 Å². The number of carbonyl (C=O) groups is 2. The summed E-state index contributed by atoms with van der Waals surface area (Å²) in [6.45, 7) is 0.795. The van der Waals surface area contributed by atoms with Crippen molar-refractivity contribution in [3.8, 4) is 0 Å². The Hall–Kier alpha value is -3.51. The van der Waals surface area contributed by atoms with Crippen molar-refractivity contribution in [1.29, 1.82) is 0 Å². The topological polar surface area (TPSA) is 162 Å². The zero-order valence-electron chi connectivity index (χ0n) is 16.3. The van der Waals surface area contributed by atoms with Crippen molar-refractivity contribution in [1.82, 2.24) is 0 Å². The van der Waals surface area contributed by atoms with Gasteiger partial charge in [-0.25, -0.2) is 18.4 Å². The quantitative estimate of drug-likeness (QED) is 0.367. The molecule has 1 aliphatic heterocycles. The van der Waals surface area contributed by atoms with Crippen molar-refractivity contribution in [2.24, 2.45) is 5.14 Å². The van der Waals surface area contributed by atoms with Crippen molar-refractivity contribution >= 4 is 39.0 Å². The average Bonchev–Trinajstić information content (AvgIpc) is 3.26. The molecule has 12 heteroatoms. The number of rotatable bonds is 7. The van der Waals surface area contributed by atoms with Crippen molar-refractivity contribution in [2.45, 2.75) is 17.7 Å².